The van der Waals surface area contributed by atoms with Gasteiger partial charge in [0.15, 0.2) is 0 Å². The van der Waals surface area contributed by atoms with Crippen LogP contribution >= 0.6 is 0 Å². The highest BCUT2D eigenvalue weighted by atomic mass is 16.1. The van der Waals surface area contributed by atoms with Crippen LogP contribution < -0.4 is 5.32 Å². The number of hydrogen-bond acceptors (Lipinski definition) is 2. The number of ketones is 1. The van der Waals surface area contributed by atoms with Crippen molar-refractivity contribution in [1.29, 1.82) is 0 Å². The van der Waals surface area contributed by atoms with Gasteiger partial charge < -0.3 is 5.32 Å². The fourth-order valence-corrected chi connectivity index (χ4v) is 2.19. The highest BCUT2D eigenvalue weighted by molar-refractivity contribution is 5.76. The zero-order valence-electron chi connectivity index (χ0n) is 12.4. The van der Waals surface area contributed by atoms with E-state index >= 15 is 0 Å². The molecule has 0 saturated carbocycles. The minimum atomic E-state index is 0.122. The summed E-state index contributed by atoms with van der Waals surface area (Å²) in [5, 5.41) is 3.23. The lowest BCUT2D eigenvalue weighted by Gasteiger charge is -2.23. The van der Waals surface area contributed by atoms with Gasteiger partial charge in [0.25, 0.3) is 0 Å². The number of aryl methyl sites for hydroxylation is 1. The second-order valence-electron chi connectivity index (χ2n) is 6.07. The molecule has 0 amide bonds. The topological polar surface area (TPSA) is 29.1 Å². The predicted molar refractivity (Wildman–Crippen MR) is 77.0 cm³/mol. The Bertz CT molecular complexity index is 429. The molecule has 0 aliphatic rings. The molecule has 0 aliphatic carbocycles. The average Bonchev–Trinajstić information content (AvgIpc) is 2.24. The van der Waals surface area contributed by atoms with E-state index in [1.807, 2.05) is 7.05 Å². The summed E-state index contributed by atoms with van der Waals surface area (Å²) in [6.07, 6.45) is 0.548. The largest absolute Gasteiger partial charge is 0.313 e. The Morgan fingerprint density at radius 2 is 1.94 bits per heavy atom. The van der Waals surface area contributed by atoms with Crippen LogP contribution in [-0.4, -0.2) is 12.8 Å². The molecule has 0 radical (unpaired) electrons. The second-order valence-corrected chi connectivity index (χ2v) is 6.07. The lowest BCUT2D eigenvalue weighted by atomic mass is 9.84. The Morgan fingerprint density at radius 1 is 1.33 bits per heavy atom. The van der Waals surface area contributed by atoms with E-state index < -0.39 is 0 Å². The van der Waals surface area contributed by atoms with Gasteiger partial charge in [0.1, 0.15) is 5.78 Å². The first kappa shape index (κ1) is 14.9. The molecular formula is C16H25NO. The number of nitrogens with one attached hydrogen (secondary N) is 1. The molecule has 0 aromatic heterocycles. The number of Topliss-reactive ketones (excluding diaryl/α,β-unsaturated/α-hetero) is 1. The van der Waals surface area contributed by atoms with Crippen LogP contribution in [0, 0.1) is 6.92 Å². The molecule has 100 valence electrons. The fraction of sp³-hybridized carbons (Fsp3) is 0.562. The van der Waals surface area contributed by atoms with Crippen LogP contribution in [0.3, 0.4) is 0 Å². The lowest BCUT2D eigenvalue weighted by molar-refractivity contribution is -0.117. The molecule has 2 nitrogen and oxygen atoms in total. The van der Waals surface area contributed by atoms with Gasteiger partial charge in [0, 0.05) is 12.5 Å². The smallest absolute Gasteiger partial charge is 0.131 e. The molecule has 0 bridgehead atoms. The van der Waals surface area contributed by atoms with Crippen molar-refractivity contribution in [3.63, 3.8) is 0 Å². The van der Waals surface area contributed by atoms with Gasteiger partial charge in [-0.15, -0.1) is 0 Å². The first-order valence-electron chi connectivity index (χ1n) is 6.53. The molecule has 1 atom stereocenters. The molecule has 1 aromatic rings. The summed E-state index contributed by atoms with van der Waals surface area (Å²) in [4.78, 5) is 11.3. The Balaban J connectivity index is 3.07. The van der Waals surface area contributed by atoms with E-state index in [0.717, 1.165) is 0 Å². The van der Waals surface area contributed by atoms with Crippen LogP contribution in [-0.2, 0) is 10.2 Å². The minimum absolute atomic E-state index is 0.122. The van der Waals surface area contributed by atoms with E-state index in [4.69, 9.17) is 0 Å². The van der Waals surface area contributed by atoms with Gasteiger partial charge in [0.05, 0.1) is 0 Å². The third-order valence-corrected chi connectivity index (χ3v) is 3.35. The number of carbonyl (C=O) groups is 1. The Kier molecular flexibility index (Phi) is 4.69. The molecule has 0 aliphatic heterocycles. The van der Waals surface area contributed by atoms with Crippen molar-refractivity contribution < 1.29 is 4.79 Å². The summed E-state index contributed by atoms with van der Waals surface area (Å²) >= 11 is 0. The number of rotatable bonds is 4. The van der Waals surface area contributed by atoms with Gasteiger partial charge in [0.2, 0.25) is 0 Å². The second kappa shape index (κ2) is 5.66. The first-order valence-corrected chi connectivity index (χ1v) is 6.53. The highest BCUT2D eigenvalue weighted by Gasteiger charge is 2.18. The van der Waals surface area contributed by atoms with Gasteiger partial charge >= 0.3 is 0 Å². The van der Waals surface area contributed by atoms with E-state index in [9.17, 15) is 4.79 Å². The van der Waals surface area contributed by atoms with Crippen LogP contribution in [0.1, 0.15) is 56.8 Å². The normalized spacial score (nSPS) is 13.4. The maximum Gasteiger partial charge on any atom is 0.131 e. The molecule has 1 N–H and O–H groups in total. The maximum atomic E-state index is 11.3. The minimum Gasteiger partial charge on any atom is -0.313 e. The molecule has 2 heteroatoms. The highest BCUT2D eigenvalue weighted by Crippen LogP contribution is 2.27. The molecule has 1 aromatic carbocycles. The summed E-state index contributed by atoms with van der Waals surface area (Å²) in [5.41, 5.74) is 3.98. The first-order chi connectivity index (χ1) is 8.25. The van der Waals surface area contributed by atoms with Crippen LogP contribution in [0.15, 0.2) is 18.2 Å². The number of hydrogen-bond donors (Lipinski definition) is 1. The SMILES string of the molecule is CNC(CC(C)=O)c1ccc(C(C)(C)C)cc1C. The van der Waals surface area contributed by atoms with Crippen molar-refractivity contribution in [2.45, 2.75) is 52.5 Å². The molecule has 1 rings (SSSR count). The molecule has 0 saturated heterocycles. The molecular weight excluding hydrogens is 222 g/mol. The van der Waals surface area contributed by atoms with Crippen molar-refractivity contribution in [2.24, 2.45) is 0 Å². The summed E-state index contributed by atoms with van der Waals surface area (Å²) in [7, 11) is 1.91. The van der Waals surface area contributed by atoms with Crippen molar-refractivity contribution in [3.05, 3.63) is 34.9 Å². The van der Waals surface area contributed by atoms with Gasteiger partial charge in [-0.3, -0.25) is 4.79 Å². The van der Waals surface area contributed by atoms with Crippen LogP contribution in [0.25, 0.3) is 0 Å². The van der Waals surface area contributed by atoms with Gasteiger partial charge in [-0.2, -0.15) is 0 Å². The fourth-order valence-electron chi connectivity index (χ4n) is 2.19. The Morgan fingerprint density at radius 3 is 2.33 bits per heavy atom. The predicted octanol–water partition coefficient (Wildman–Crippen LogP) is 3.53. The monoisotopic (exact) mass is 247 g/mol. The van der Waals surface area contributed by atoms with Crippen LogP contribution in [0.4, 0.5) is 0 Å². The summed E-state index contributed by atoms with van der Waals surface area (Å²) < 4.78 is 0. The quantitative estimate of drug-likeness (QED) is 0.882. The summed E-state index contributed by atoms with van der Waals surface area (Å²) in [6, 6.07) is 6.68. The average molecular weight is 247 g/mol. The molecule has 0 spiro atoms. The summed E-state index contributed by atoms with van der Waals surface area (Å²) in [5.74, 6) is 0.216. The zero-order valence-corrected chi connectivity index (χ0v) is 12.4. The number of carbonyl (C=O) groups excluding carboxylic acids is 1. The van der Waals surface area contributed by atoms with Crippen LogP contribution in [0.2, 0.25) is 0 Å². The van der Waals surface area contributed by atoms with Crippen molar-refractivity contribution in [1.82, 2.24) is 5.32 Å². The third-order valence-electron chi connectivity index (χ3n) is 3.35. The van der Waals surface area contributed by atoms with Crippen molar-refractivity contribution >= 4 is 5.78 Å². The van der Waals surface area contributed by atoms with E-state index in [2.05, 4.69) is 51.2 Å². The molecule has 1 unspecified atom stereocenters. The van der Waals surface area contributed by atoms with E-state index in [-0.39, 0.29) is 17.2 Å². The Labute approximate surface area is 111 Å². The van der Waals surface area contributed by atoms with Crippen molar-refractivity contribution in [3.8, 4) is 0 Å². The summed E-state index contributed by atoms with van der Waals surface area (Å²) in [6.45, 7) is 10.4. The molecule has 0 fully saturated rings. The van der Waals surface area contributed by atoms with Crippen molar-refractivity contribution in [2.75, 3.05) is 7.05 Å². The Hall–Kier alpha value is -1.15. The molecule has 0 heterocycles. The lowest BCUT2D eigenvalue weighted by Crippen LogP contribution is -2.20. The maximum absolute atomic E-state index is 11.3. The standard InChI is InChI=1S/C16H25NO/c1-11-9-13(16(3,4)5)7-8-14(11)15(17-6)10-12(2)18/h7-9,15,17H,10H2,1-6H3. The van der Waals surface area contributed by atoms with Gasteiger partial charge in [-0.1, -0.05) is 39.0 Å². The number of benzene rings is 1. The van der Waals surface area contributed by atoms with Crippen LogP contribution in [0.5, 0.6) is 0 Å². The van der Waals surface area contributed by atoms with E-state index in [0.29, 0.717) is 6.42 Å². The van der Waals surface area contributed by atoms with E-state index in [1.54, 1.807) is 6.92 Å². The zero-order chi connectivity index (χ0) is 13.9. The van der Waals surface area contributed by atoms with Gasteiger partial charge in [-0.05, 0) is 43.0 Å². The third kappa shape index (κ3) is 3.67. The molecule has 18 heavy (non-hydrogen) atoms. The van der Waals surface area contributed by atoms with Gasteiger partial charge in [-0.25, -0.2) is 0 Å². The van der Waals surface area contributed by atoms with E-state index in [1.165, 1.54) is 16.7 Å².